The van der Waals surface area contributed by atoms with Crippen LogP contribution in [0.5, 0.6) is 0 Å². The van der Waals surface area contributed by atoms with Crippen LogP contribution >= 0.6 is 0 Å². The summed E-state index contributed by atoms with van der Waals surface area (Å²) in [5.41, 5.74) is 1.65. The van der Waals surface area contributed by atoms with Crippen LogP contribution in [0.3, 0.4) is 0 Å². The fourth-order valence-corrected chi connectivity index (χ4v) is 2.09. The molecule has 0 saturated heterocycles. The number of rotatable bonds is 5. The molecule has 17 heavy (non-hydrogen) atoms. The maximum absolute atomic E-state index is 11.2. The molecule has 0 unspecified atom stereocenters. The molecule has 0 amide bonds. The number of aliphatic carboxylic acids is 1. The van der Waals surface area contributed by atoms with Gasteiger partial charge >= 0.3 is 5.97 Å². The van der Waals surface area contributed by atoms with Gasteiger partial charge in [0.15, 0.2) is 0 Å². The minimum atomic E-state index is -0.682. The molecule has 0 heterocycles. The maximum Gasteiger partial charge on any atom is 0.314 e. The molecule has 0 aromatic heterocycles. The number of nitrogens with zero attached hydrogens (tertiary/aromatic N) is 1. The van der Waals surface area contributed by atoms with Crippen molar-refractivity contribution in [2.75, 3.05) is 20.6 Å². The summed E-state index contributed by atoms with van der Waals surface area (Å²) in [6.07, 6.45) is 2.56. The molecule has 0 atom stereocenters. The highest BCUT2D eigenvalue weighted by atomic mass is 16.4. The van der Waals surface area contributed by atoms with Gasteiger partial charge in [-0.15, -0.1) is 0 Å². The van der Waals surface area contributed by atoms with E-state index in [0.29, 0.717) is 0 Å². The Bertz CT molecular complexity index is 405. The van der Waals surface area contributed by atoms with Gasteiger partial charge in [0.05, 0.1) is 5.41 Å². The van der Waals surface area contributed by atoms with Gasteiger partial charge < -0.3 is 10.0 Å². The average molecular weight is 233 g/mol. The summed E-state index contributed by atoms with van der Waals surface area (Å²) in [7, 11) is 4.11. The molecule has 1 saturated carbocycles. The minimum absolute atomic E-state index is 0.569. The number of carbonyl (C=O) groups is 1. The third kappa shape index (κ3) is 2.50. The van der Waals surface area contributed by atoms with Crippen molar-refractivity contribution in [3.63, 3.8) is 0 Å². The minimum Gasteiger partial charge on any atom is -0.481 e. The van der Waals surface area contributed by atoms with Crippen LogP contribution < -0.4 is 0 Å². The first-order valence-electron chi connectivity index (χ1n) is 6.02. The number of benzene rings is 1. The standard InChI is InChI=1S/C14H19NO2/c1-15(2)10-7-11-3-5-12(6-4-11)14(8-9-14)13(16)17/h3-6H,7-10H2,1-2H3,(H,16,17). The Morgan fingerprint density at radius 1 is 1.29 bits per heavy atom. The summed E-state index contributed by atoms with van der Waals surface area (Å²) in [4.78, 5) is 13.3. The lowest BCUT2D eigenvalue weighted by Gasteiger charge is -2.12. The van der Waals surface area contributed by atoms with Gasteiger partial charge in [0, 0.05) is 6.54 Å². The normalized spacial score (nSPS) is 17.1. The number of likely N-dealkylation sites (N-methyl/N-ethyl adjacent to an activating group) is 1. The molecule has 1 aliphatic carbocycles. The molecule has 1 aromatic carbocycles. The Morgan fingerprint density at radius 2 is 1.88 bits per heavy atom. The van der Waals surface area contributed by atoms with Crippen molar-refractivity contribution in [1.82, 2.24) is 4.90 Å². The van der Waals surface area contributed by atoms with Crippen molar-refractivity contribution in [2.45, 2.75) is 24.7 Å². The summed E-state index contributed by atoms with van der Waals surface area (Å²) in [6, 6.07) is 8.07. The topological polar surface area (TPSA) is 40.5 Å². The Labute approximate surface area is 102 Å². The molecule has 0 aliphatic heterocycles. The molecule has 1 aromatic rings. The quantitative estimate of drug-likeness (QED) is 0.844. The third-order valence-electron chi connectivity index (χ3n) is 3.51. The van der Waals surface area contributed by atoms with E-state index < -0.39 is 11.4 Å². The van der Waals surface area contributed by atoms with Crippen molar-refractivity contribution >= 4 is 5.97 Å². The molecule has 3 heteroatoms. The van der Waals surface area contributed by atoms with Crippen LogP contribution in [0.25, 0.3) is 0 Å². The van der Waals surface area contributed by atoms with Crippen molar-refractivity contribution in [1.29, 1.82) is 0 Å². The third-order valence-corrected chi connectivity index (χ3v) is 3.51. The molecule has 1 N–H and O–H groups in total. The zero-order valence-electron chi connectivity index (χ0n) is 10.4. The predicted octanol–water partition coefficient (Wildman–Crippen LogP) is 1.91. The zero-order chi connectivity index (χ0) is 12.5. The van der Waals surface area contributed by atoms with E-state index in [-0.39, 0.29) is 0 Å². The van der Waals surface area contributed by atoms with Crippen LogP contribution in [-0.4, -0.2) is 36.6 Å². The van der Waals surface area contributed by atoms with Crippen LogP contribution in [0.15, 0.2) is 24.3 Å². The second kappa shape index (κ2) is 4.49. The molecule has 1 fully saturated rings. The molecule has 1 aliphatic rings. The predicted molar refractivity (Wildman–Crippen MR) is 67.2 cm³/mol. The summed E-state index contributed by atoms with van der Waals surface area (Å²) in [5.74, 6) is -0.682. The number of carboxylic acid groups (broad SMARTS) is 1. The highest BCUT2D eigenvalue weighted by Gasteiger charge is 2.51. The van der Waals surface area contributed by atoms with Crippen molar-refractivity contribution in [3.8, 4) is 0 Å². The summed E-state index contributed by atoms with van der Waals surface area (Å²) < 4.78 is 0. The van der Waals surface area contributed by atoms with Crippen LogP contribution in [0.1, 0.15) is 24.0 Å². The van der Waals surface area contributed by atoms with Crippen molar-refractivity contribution in [3.05, 3.63) is 35.4 Å². The highest BCUT2D eigenvalue weighted by molar-refractivity contribution is 5.84. The van der Waals surface area contributed by atoms with E-state index in [1.807, 2.05) is 12.1 Å². The smallest absolute Gasteiger partial charge is 0.314 e. The van der Waals surface area contributed by atoms with Gasteiger partial charge in [0.1, 0.15) is 0 Å². The second-order valence-electron chi connectivity index (χ2n) is 5.14. The van der Waals surface area contributed by atoms with E-state index in [9.17, 15) is 9.90 Å². The zero-order valence-corrected chi connectivity index (χ0v) is 10.4. The first-order chi connectivity index (χ1) is 8.04. The van der Waals surface area contributed by atoms with Crippen molar-refractivity contribution in [2.24, 2.45) is 0 Å². The van der Waals surface area contributed by atoms with Gasteiger partial charge in [-0.3, -0.25) is 4.79 Å². The van der Waals surface area contributed by atoms with E-state index in [0.717, 1.165) is 31.4 Å². The summed E-state index contributed by atoms with van der Waals surface area (Å²) >= 11 is 0. The maximum atomic E-state index is 11.2. The van der Waals surface area contributed by atoms with Gasteiger partial charge in [0.2, 0.25) is 0 Å². The summed E-state index contributed by atoms with van der Waals surface area (Å²) in [6.45, 7) is 1.02. The van der Waals surface area contributed by atoms with Crippen LogP contribution in [-0.2, 0) is 16.6 Å². The average Bonchev–Trinajstić information content (AvgIpc) is 3.08. The molecule has 0 radical (unpaired) electrons. The molecular weight excluding hydrogens is 214 g/mol. The number of carboxylic acids is 1. The Kier molecular flexibility index (Phi) is 3.20. The first-order valence-corrected chi connectivity index (χ1v) is 6.02. The van der Waals surface area contributed by atoms with Crippen LogP contribution in [0.4, 0.5) is 0 Å². The van der Waals surface area contributed by atoms with E-state index in [4.69, 9.17) is 0 Å². The molecule has 0 bridgehead atoms. The first kappa shape index (κ1) is 12.1. The van der Waals surface area contributed by atoms with Gasteiger partial charge in [-0.25, -0.2) is 0 Å². The second-order valence-corrected chi connectivity index (χ2v) is 5.14. The lowest BCUT2D eigenvalue weighted by Crippen LogP contribution is -2.19. The Hall–Kier alpha value is -1.35. The van der Waals surface area contributed by atoms with E-state index in [1.54, 1.807) is 0 Å². The van der Waals surface area contributed by atoms with Gasteiger partial charge in [-0.2, -0.15) is 0 Å². The number of hydrogen-bond acceptors (Lipinski definition) is 2. The van der Waals surface area contributed by atoms with E-state index in [1.165, 1.54) is 5.56 Å². The molecule has 2 rings (SSSR count). The highest BCUT2D eigenvalue weighted by Crippen LogP contribution is 2.48. The molecule has 92 valence electrons. The van der Waals surface area contributed by atoms with Gasteiger partial charge in [0.25, 0.3) is 0 Å². The van der Waals surface area contributed by atoms with Gasteiger partial charge in [-0.1, -0.05) is 24.3 Å². The lowest BCUT2D eigenvalue weighted by atomic mass is 9.95. The Morgan fingerprint density at radius 3 is 2.29 bits per heavy atom. The lowest BCUT2D eigenvalue weighted by molar-refractivity contribution is -0.140. The Balaban J connectivity index is 2.06. The largest absolute Gasteiger partial charge is 0.481 e. The monoisotopic (exact) mass is 233 g/mol. The fraction of sp³-hybridized carbons (Fsp3) is 0.500. The molecular formula is C14H19NO2. The molecule has 0 spiro atoms. The molecule has 3 nitrogen and oxygen atoms in total. The van der Waals surface area contributed by atoms with Crippen molar-refractivity contribution < 1.29 is 9.90 Å². The van der Waals surface area contributed by atoms with E-state index >= 15 is 0 Å². The van der Waals surface area contributed by atoms with Gasteiger partial charge in [-0.05, 0) is 44.5 Å². The fourth-order valence-electron chi connectivity index (χ4n) is 2.09. The number of hydrogen-bond donors (Lipinski definition) is 1. The van der Waals surface area contributed by atoms with Crippen LogP contribution in [0, 0.1) is 0 Å². The SMILES string of the molecule is CN(C)CCc1ccc(C2(C(=O)O)CC2)cc1. The summed E-state index contributed by atoms with van der Waals surface area (Å²) in [5, 5.41) is 9.20. The van der Waals surface area contributed by atoms with Crippen LogP contribution in [0.2, 0.25) is 0 Å². The van der Waals surface area contributed by atoms with E-state index in [2.05, 4.69) is 31.1 Å².